The Labute approximate surface area is 147 Å². The summed E-state index contributed by atoms with van der Waals surface area (Å²) in [6.45, 7) is 2.90. The molecule has 0 radical (unpaired) electrons. The smallest absolute Gasteiger partial charge is 0.206 e. The summed E-state index contributed by atoms with van der Waals surface area (Å²) in [5.74, 6) is 1.05. The molecule has 1 aliphatic rings. The van der Waals surface area contributed by atoms with Crippen LogP contribution in [0.4, 0.5) is 5.95 Å². The molecular formula is C19H21ClN4. The number of benzene rings is 2. The maximum atomic E-state index is 6.15. The average Bonchev–Trinajstić information content (AvgIpc) is 2.93. The zero-order valence-electron chi connectivity index (χ0n) is 13.7. The summed E-state index contributed by atoms with van der Waals surface area (Å²) in [7, 11) is 2.10. The van der Waals surface area contributed by atoms with Gasteiger partial charge in [0.25, 0.3) is 0 Å². The van der Waals surface area contributed by atoms with Crippen molar-refractivity contribution in [1.29, 1.82) is 0 Å². The Morgan fingerprint density at radius 3 is 2.92 bits per heavy atom. The zero-order chi connectivity index (χ0) is 16.5. The Bertz CT molecular complexity index is 857. The van der Waals surface area contributed by atoms with E-state index in [4.69, 9.17) is 16.6 Å². The first-order chi connectivity index (χ1) is 11.7. The van der Waals surface area contributed by atoms with Crippen LogP contribution in [0.3, 0.4) is 0 Å². The molecule has 0 spiro atoms. The minimum atomic E-state index is 0.368. The van der Waals surface area contributed by atoms with Crippen molar-refractivity contribution < 1.29 is 0 Å². The first-order valence-electron chi connectivity index (χ1n) is 8.35. The predicted molar refractivity (Wildman–Crippen MR) is 99.9 cm³/mol. The molecule has 4 rings (SSSR count). The molecular weight excluding hydrogens is 320 g/mol. The second kappa shape index (κ2) is 6.46. The SMILES string of the molecule is Cn1c(N2CCNCC2Cc2cccc(Cl)c2)nc2ccccc21. The fourth-order valence-corrected chi connectivity index (χ4v) is 3.75. The van der Waals surface area contributed by atoms with Crippen molar-refractivity contribution in [3.05, 3.63) is 59.1 Å². The quantitative estimate of drug-likeness (QED) is 0.794. The summed E-state index contributed by atoms with van der Waals surface area (Å²) in [6.07, 6.45) is 0.955. The third-order valence-corrected chi connectivity index (χ3v) is 4.97. The third-order valence-electron chi connectivity index (χ3n) is 4.73. The van der Waals surface area contributed by atoms with Crippen LogP contribution < -0.4 is 10.2 Å². The van der Waals surface area contributed by atoms with Gasteiger partial charge in [0.15, 0.2) is 0 Å². The summed E-state index contributed by atoms with van der Waals surface area (Å²) in [6, 6.07) is 16.8. The summed E-state index contributed by atoms with van der Waals surface area (Å²) in [4.78, 5) is 7.31. The van der Waals surface area contributed by atoms with Crippen molar-refractivity contribution in [1.82, 2.24) is 14.9 Å². The fourth-order valence-electron chi connectivity index (χ4n) is 3.53. The van der Waals surface area contributed by atoms with Crippen molar-refractivity contribution in [2.45, 2.75) is 12.5 Å². The second-order valence-electron chi connectivity index (χ2n) is 6.34. The van der Waals surface area contributed by atoms with Crippen LogP contribution in [0.15, 0.2) is 48.5 Å². The molecule has 0 bridgehead atoms. The molecule has 3 aromatic rings. The number of rotatable bonds is 3. The number of piperazine rings is 1. The van der Waals surface area contributed by atoms with E-state index < -0.39 is 0 Å². The second-order valence-corrected chi connectivity index (χ2v) is 6.78. The van der Waals surface area contributed by atoms with E-state index in [1.165, 1.54) is 11.1 Å². The van der Waals surface area contributed by atoms with E-state index >= 15 is 0 Å². The third kappa shape index (κ3) is 2.87. The lowest BCUT2D eigenvalue weighted by Crippen LogP contribution is -2.53. The summed E-state index contributed by atoms with van der Waals surface area (Å²) < 4.78 is 2.20. The number of halogens is 1. The molecule has 0 aliphatic carbocycles. The van der Waals surface area contributed by atoms with Crippen LogP contribution in [0.1, 0.15) is 5.56 Å². The van der Waals surface area contributed by atoms with E-state index in [0.717, 1.165) is 42.5 Å². The van der Waals surface area contributed by atoms with Gasteiger partial charge in [-0.3, -0.25) is 0 Å². The van der Waals surface area contributed by atoms with Gasteiger partial charge in [-0.1, -0.05) is 35.9 Å². The number of nitrogens with one attached hydrogen (secondary N) is 1. The minimum absolute atomic E-state index is 0.368. The highest BCUT2D eigenvalue weighted by molar-refractivity contribution is 6.30. The number of fused-ring (bicyclic) bond motifs is 1. The molecule has 4 nitrogen and oxygen atoms in total. The Balaban J connectivity index is 1.67. The van der Waals surface area contributed by atoms with Crippen LogP contribution in [0, 0.1) is 0 Å². The standard InChI is InChI=1S/C19H21ClN4/c1-23-18-8-3-2-7-17(18)22-19(23)24-10-9-21-13-16(24)12-14-5-4-6-15(20)11-14/h2-8,11,16,21H,9-10,12-13H2,1H3. The highest BCUT2D eigenvalue weighted by Gasteiger charge is 2.26. The molecule has 1 N–H and O–H groups in total. The van der Waals surface area contributed by atoms with Crippen LogP contribution in [0.5, 0.6) is 0 Å². The van der Waals surface area contributed by atoms with E-state index in [9.17, 15) is 0 Å². The van der Waals surface area contributed by atoms with Gasteiger partial charge in [0, 0.05) is 37.7 Å². The Morgan fingerprint density at radius 1 is 1.21 bits per heavy atom. The maximum absolute atomic E-state index is 6.15. The lowest BCUT2D eigenvalue weighted by atomic mass is 10.0. The van der Waals surface area contributed by atoms with E-state index in [-0.39, 0.29) is 0 Å². The number of hydrogen-bond donors (Lipinski definition) is 1. The first-order valence-corrected chi connectivity index (χ1v) is 8.73. The number of aromatic nitrogens is 2. The molecule has 2 heterocycles. The van der Waals surface area contributed by atoms with E-state index in [0.29, 0.717) is 6.04 Å². The fraction of sp³-hybridized carbons (Fsp3) is 0.316. The van der Waals surface area contributed by atoms with Crippen LogP contribution in [0.2, 0.25) is 5.02 Å². The maximum Gasteiger partial charge on any atom is 0.206 e. The molecule has 1 saturated heterocycles. The van der Waals surface area contributed by atoms with Crippen molar-refractivity contribution in [3.63, 3.8) is 0 Å². The van der Waals surface area contributed by atoms with E-state index in [2.05, 4.69) is 52.2 Å². The normalized spacial score (nSPS) is 18.2. The lowest BCUT2D eigenvalue weighted by Gasteiger charge is -2.37. The molecule has 1 fully saturated rings. The van der Waals surface area contributed by atoms with Crippen molar-refractivity contribution in [2.75, 3.05) is 24.5 Å². The van der Waals surface area contributed by atoms with Gasteiger partial charge in [-0.2, -0.15) is 0 Å². The number of hydrogen-bond acceptors (Lipinski definition) is 3. The largest absolute Gasteiger partial charge is 0.336 e. The van der Waals surface area contributed by atoms with Crippen molar-refractivity contribution >= 4 is 28.6 Å². The topological polar surface area (TPSA) is 33.1 Å². The van der Waals surface area contributed by atoms with Gasteiger partial charge in [0.1, 0.15) is 0 Å². The molecule has 1 unspecified atom stereocenters. The van der Waals surface area contributed by atoms with Gasteiger partial charge in [-0.05, 0) is 36.2 Å². The van der Waals surface area contributed by atoms with Gasteiger partial charge in [0.2, 0.25) is 5.95 Å². The van der Waals surface area contributed by atoms with Crippen LogP contribution in [-0.2, 0) is 13.5 Å². The Hall–Kier alpha value is -2.04. The molecule has 1 aliphatic heterocycles. The number of para-hydroxylation sites is 2. The molecule has 2 aromatic carbocycles. The molecule has 124 valence electrons. The summed E-state index contributed by atoms with van der Waals surface area (Å²) >= 11 is 6.15. The molecule has 1 aromatic heterocycles. The first kappa shape index (κ1) is 15.5. The van der Waals surface area contributed by atoms with E-state index in [1.807, 2.05) is 18.2 Å². The predicted octanol–water partition coefficient (Wildman–Crippen LogP) is 3.25. The highest BCUT2D eigenvalue weighted by Crippen LogP contribution is 2.25. The van der Waals surface area contributed by atoms with Crippen molar-refractivity contribution in [3.8, 4) is 0 Å². The molecule has 1 atom stereocenters. The Kier molecular flexibility index (Phi) is 4.17. The van der Waals surface area contributed by atoms with Gasteiger partial charge in [-0.15, -0.1) is 0 Å². The molecule has 5 heteroatoms. The average molecular weight is 341 g/mol. The molecule has 0 saturated carbocycles. The highest BCUT2D eigenvalue weighted by atomic mass is 35.5. The number of aryl methyl sites for hydroxylation is 1. The summed E-state index contributed by atoms with van der Waals surface area (Å²) in [5.41, 5.74) is 3.49. The zero-order valence-corrected chi connectivity index (χ0v) is 14.5. The Morgan fingerprint density at radius 2 is 2.08 bits per heavy atom. The van der Waals surface area contributed by atoms with Crippen molar-refractivity contribution in [2.24, 2.45) is 7.05 Å². The monoisotopic (exact) mass is 340 g/mol. The minimum Gasteiger partial charge on any atom is -0.336 e. The lowest BCUT2D eigenvalue weighted by molar-refractivity contribution is 0.463. The number of imidazole rings is 1. The van der Waals surface area contributed by atoms with Crippen LogP contribution in [-0.4, -0.2) is 35.2 Å². The van der Waals surface area contributed by atoms with Crippen LogP contribution >= 0.6 is 11.6 Å². The van der Waals surface area contributed by atoms with Crippen LogP contribution in [0.25, 0.3) is 11.0 Å². The summed E-state index contributed by atoms with van der Waals surface area (Å²) in [5, 5.41) is 4.31. The number of anilines is 1. The molecule has 0 amide bonds. The van der Waals surface area contributed by atoms with Gasteiger partial charge in [-0.25, -0.2) is 4.98 Å². The van der Waals surface area contributed by atoms with Gasteiger partial charge >= 0.3 is 0 Å². The van der Waals surface area contributed by atoms with Gasteiger partial charge < -0.3 is 14.8 Å². The van der Waals surface area contributed by atoms with E-state index in [1.54, 1.807) is 0 Å². The van der Waals surface area contributed by atoms with Gasteiger partial charge in [0.05, 0.1) is 11.0 Å². The molecule has 24 heavy (non-hydrogen) atoms. The number of nitrogens with zero attached hydrogens (tertiary/aromatic N) is 3.